The molecule has 1 aromatic carbocycles. The van der Waals surface area contributed by atoms with Crippen molar-refractivity contribution >= 4 is 27.6 Å². The first kappa shape index (κ1) is 15.0. The van der Waals surface area contributed by atoms with Crippen molar-refractivity contribution in [2.75, 3.05) is 5.75 Å². The van der Waals surface area contributed by atoms with Crippen LogP contribution < -0.4 is 0 Å². The molecule has 0 bridgehead atoms. The number of thioether (sulfide) groups is 1. The summed E-state index contributed by atoms with van der Waals surface area (Å²) in [7, 11) is -3.33. The van der Waals surface area contributed by atoms with Crippen molar-refractivity contribution in [1.82, 2.24) is 0 Å². The highest BCUT2D eigenvalue weighted by Crippen LogP contribution is 2.30. The predicted octanol–water partition coefficient (Wildman–Crippen LogP) is 2.44. The first-order valence-electron chi connectivity index (χ1n) is 5.59. The summed E-state index contributed by atoms with van der Waals surface area (Å²) >= 11 is 1.05. The molecule has 1 N–H and O–H groups in total. The Balaban J connectivity index is 3.11. The summed E-state index contributed by atoms with van der Waals surface area (Å²) in [5.41, 5.74) is 0. The lowest BCUT2D eigenvalue weighted by atomic mass is 10.4. The average molecular weight is 288 g/mol. The highest BCUT2D eigenvalue weighted by molar-refractivity contribution is 8.01. The van der Waals surface area contributed by atoms with Crippen molar-refractivity contribution < 1.29 is 18.3 Å². The smallest absolute Gasteiger partial charge is 0.316 e. The van der Waals surface area contributed by atoms with Gasteiger partial charge in [0, 0.05) is 4.90 Å². The largest absolute Gasteiger partial charge is 0.480 e. The minimum atomic E-state index is -3.33. The maximum atomic E-state index is 12.0. The lowest BCUT2D eigenvalue weighted by molar-refractivity contribution is -0.136. The van der Waals surface area contributed by atoms with E-state index >= 15 is 0 Å². The Morgan fingerprint density at radius 2 is 2.00 bits per heavy atom. The van der Waals surface area contributed by atoms with Crippen LogP contribution in [0.4, 0.5) is 0 Å². The fourth-order valence-electron chi connectivity index (χ4n) is 1.42. The zero-order valence-corrected chi connectivity index (χ0v) is 11.9. The summed E-state index contributed by atoms with van der Waals surface area (Å²) in [6.07, 6.45) is 0.538. The fourth-order valence-corrected chi connectivity index (χ4v) is 4.19. The van der Waals surface area contributed by atoms with Crippen LogP contribution in [0, 0.1) is 0 Å². The van der Waals surface area contributed by atoms with Gasteiger partial charge in [0.1, 0.15) is 5.25 Å². The second kappa shape index (κ2) is 6.24. The minimum Gasteiger partial charge on any atom is -0.480 e. The minimum absolute atomic E-state index is 0.0754. The molecule has 1 atom stereocenters. The van der Waals surface area contributed by atoms with Gasteiger partial charge in [-0.25, -0.2) is 8.42 Å². The fraction of sp³-hybridized carbons (Fsp3) is 0.417. The highest BCUT2D eigenvalue weighted by Gasteiger charge is 2.21. The number of hydrogen-bond acceptors (Lipinski definition) is 4. The van der Waals surface area contributed by atoms with Crippen LogP contribution in [0.5, 0.6) is 0 Å². The summed E-state index contributed by atoms with van der Waals surface area (Å²) in [4.78, 5) is 11.5. The zero-order valence-electron chi connectivity index (χ0n) is 10.3. The Labute approximate surface area is 111 Å². The molecule has 18 heavy (non-hydrogen) atoms. The molecule has 0 heterocycles. The first-order chi connectivity index (χ1) is 8.38. The lowest BCUT2D eigenvalue weighted by Crippen LogP contribution is -2.13. The molecule has 0 aromatic heterocycles. The van der Waals surface area contributed by atoms with Gasteiger partial charge in [0.2, 0.25) is 0 Å². The van der Waals surface area contributed by atoms with Gasteiger partial charge in [0.15, 0.2) is 9.84 Å². The van der Waals surface area contributed by atoms with E-state index in [4.69, 9.17) is 5.11 Å². The zero-order chi connectivity index (χ0) is 13.8. The van der Waals surface area contributed by atoms with Crippen LogP contribution in [-0.4, -0.2) is 30.5 Å². The van der Waals surface area contributed by atoms with Gasteiger partial charge in [-0.1, -0.05) is 19.1 Å². The maximum Gasteiger partial charge on any atom is 0.316 e. The van der Waals surface area contributed by atoms with Crippen LogP contribution in [0.3, 0.4) is 0 Å². The van der Waals surface area contributed by atoms with Crippen molar-refractivity contribution in [1.29, 1.82) is 0 Å². The van der Waals surface area contributed by atoms with Crippen LogP contribution in [0.1, 0.15) is 20.3 Å². The number of carbonyl (C=O) groups is 1. The van der Waals surface area contributed by atoms with Gasteiger partial charge in [-0.15, -0.1) is 11.8 Å². The normalized spacial score (nSPS) is 13.2. The van der Waals surface area contributed by atoms with E-state index in [0.717, 1.165) is 11.8 Å². The summed E-state index contributed by atoms with van der Waals surface area (Å²) in [5, 5.41) is 8.19. The third-order valence-electron chi connectivity index (χ3n) is 2.31. The molecule has 0 amide bonds. The van der Waals surface area contributed by atoms with Crippen molar-refractivity contribution in [2.45, 2.75) is 35.3 Å². The number of sulfone groups is 1. The van der Waals surface area contributed by atoms with Gasteiger partial charge < -0.3 is 5.11 Å². The van der Waals surface area contributed by atoms with Crippen LogP contribution in [0.25, 0.3) is 0 Å². The van der Waals surface area contributed by atoms with Crippen LogP contribution in [0.2, 0.25) is 0 Å². The number of hydrogen-bond donors (Lipinski definition) is 1. The van der Waals surface area contributed by atoms with E-state index < -0.39 is 21.1 Å². The molecule has 1 aromatic rings. The summed E-state index contributed by atoms with van der Waals surface area (Å²) in [5.74, 6) is -0.880. The van der Waals surface area contributed by atoms with Crippen LogP contribution in [0.15, 0.2) is 34.1 Å². The SMILES string of the molecule is CCCS(=O)(=O)c1ccccc1S[C@@H](C)C(=O)O. The maximum absolute atomic E-state index is 12.0. The second-order valence-corrected chi connectivity index (χ2v) is 7.32. The van der Waals surface area contributed by atoms with Gasteiger partial charge in [-0.2, -0.15) is 0 Å². The number of carboxylic acid groups (broad SMARTS) is 1. The molecule has 0 saturated heterocycles. The topological polar surface area (TPSA) is 71.4 Å². The van der Waals surface area contributed by atoms with Crippen molar-refractivity contribution in [3.05, 3.63) is 24.3 Å². The Bertz CT molecular complexity index is 523. The quantitative estimate of drug-likeness (QED) is 0.814. The standard InChI is InChI=1S/C12H16O4S2/c1-3-8-18(15,16)11-7-5-4-6-10(11)17-9(2)12(13)14/h4-7,9H,3,8H2,1-2H3,(H,13,14)/t9-/m0/s1. The molecule has 0 unspecified atom stereocenters. The molecule has 0 aliphatic rings. The molecular formula is C12H16O4S2. The van der Waals surface area contributed by atoms with Crippen molar-refractivity contribution in [3.63, 3.8) is 0 Å². The molecule has 0 spiro atoms. The van der Waals surface area contributed by atoms with Gasteiger partial charge in [-0.05, 0) is 25.5 Å². The predicted molar refractivity (Wildman–Crippen MR) is 71.7 cm³/mol. The summed E-state index contributed by atoms with van der Waals surface area (Å²) in [6, 6.07) is 6.54. The van der Waals surface area contributed by atoms with Crippen molar-refractivity contribution in [2.24, 2.45) is 0 Å². The molecule has 0 saturated carbocycles. The van der Waals surface area contributed by atoms with E-state index in [-0.39, 0.29) is 10.6 Å². The number of carboxylic acids is 1. The molecule has 0 fully saturated rings. The van der Waals surface area contributed by atoms with E-state index in [1.807, 2.05) is 0 Å². The Morgan fingerprint density at radius 1 is 1.39 bits per heavy atom. The van der Waals surface area contributed by atoms with Crippen molar-refractivity contribution in [3.8, 4) is 0 Å². The van der Waals surface area contributed by atoms with E-state index in [2.05, 4.69) is 0 Å². The number of rotatable bonds is 6. The third kappa shape index (κ3) is 3.74. The molecule has 4 nitrogen and oxygen atoms in total. The molecule has 0 aliphatic carbocycles. The molecule has 0 aliphatic heterocycles. The van der Waals surface area contributed by atoms with E-state index in [1.54, 1.807) is 25.1 Å². The van der Waals surface area contributed by atoms with E-state index in [0.29, 0.717) is 11.3 Å². The summed E-state index contributed by atoms with van der Waals surface area (Å²) < 4.78 is 24.1. The Hall–Kier alpha value is -1.01. The second-order valence-electron chi connectivity index (χ2n) is 3.86. The Kier molecular flexibility index (Phi) is 5.22. The first-order valence-corrected chi connectivity index (χ1v) is 8.13. The molecule has 100 valence electrons. The van der Waals surface area contributed by atoms with Gasteiger partial charge in [0.05, 0.1) is 10.6 Å². The van der Waals surface area contributed by atoms with Crippen LogP contribution >= 0.6 is 11.8 Å². The Morgan fingerprint density at radius 3 is 2.56 bits per heavy atom. The number of aliphatic carboxylic acids is 1. The van der Waals surface area contributed by atoms with E-state index in [1.165, 1.54) is 13.0 Å². The lowest BCUT2D eigenvalue weighted by Gasteiger charge is -2.11. The molecular weight excluding hydrogens is 272 g/mol. The van der Waals surface area contributed by atoms with Gasteiger partial charge in [-0.3, -0.25) is 4.79 Å². The number of benzene rings is 1. The highest BCUT2D eigenvalue weighted by atomic mass is 32.2. The van der Waals surface area contributed by atoms with Gasteiger partial charge >= 0.3 is 5.97 Å². The molecule has 1 rings (SSSR count). The van der Waals surface area contributed by atoms with Crippen LogP contribution in [-0.2, 0) is 14.6 Å². The monoisotopic (exact) mass is 288 g/mol. The third-order valence-corrected chi connectivity index (χ3v) is 5.57. The molecule has 0 radical (unpaired) electrons. The van der Waals surface area contributed by atoms with Gasteiger partial charge in [0.25, 0.3) is 0 Å². The molecule has 6 heteroatoms. The van der Waals surface area contributed by atoms with E-state index in [9.17, 15) is 13.2 Å². The summed E-state index contributed by atoms with van der Waals surface area (Å²) in [6.45, 7) is 3.34. The average Bonchev–Trinajstić information content (AvgIpc) is 2.29.